The van der Waals surface area contributed by atoms with Crippen LogP contribution in [0.15, 0.2) is 22.7 Å². The molecule has 0 saturated heterocycles. The molecule has 1 atom stereocenters. The lowest BCUT2D eigenvalue weighted by molar-refractivity contribution is -0.117. The van der Waals surface area contributed by atoms with Crippen LogP contribution in [-0.2, 0) is 4.79 Å². The SMILES string of the molecule is CC(C)C[C@H](N)C(=O)Nc1ccc(Cl)c(Br)c1. The van der Waals surface area contributed by atoms with E-state index in [2.05, 4.69) is 21.2 Å². The molecular formula is C12H16BrClN2O. The van der Waals surface area contributed by atoms with E-state index in [1.165, 1.54) is 0 Å². The van der Waals surface area contributed by atoms with Crippen LogP contribution in [0.4, 0.5) is 5.69 Å². The summed E-state index contributed by atoms with van der Waals surface area (Å²) in [6.07, 6.45) is 0.667. The summed E-state index contributed by atoms with van der Waals surface area (Å²) in [5, 5.41) is 3.37. The average Bonchev–Trinajstić information content (AvgIpc) is 2.22. The third-order valence-electron chi connectivity index (χ3n) is 2.25. The first-order valence-electron chi connectivity index (χ1n) is 5.41. The smallest absolute Gasteiger partial charge is 0.241 e. The number of anilines is 1. The summed E-state index contributed by atoms with van der Waals surface area (Å²) in [4.78, 5) is 11.8. The van der Waals surface area contributed by atoms with Crippen molar-refractivity contribution in [3.8, 4) is 0 Å². The fraction of sp³-hybridized carbons (Fsp3) is 0.417. The Morgan fingerprint density at radius 2 is 2.18 bits per heavy atom. The van der Waals surface area contributed by atoms with Crippen LogP contribution in [0.1, 0.15) is 20.3 Å². The first-order chi connectivity index (χ1) is 7.90. The van der Waals surface area contributed by atoms with E-state index in [0.29, 0.717) is 23.0 Å². The molecule has 0 aliphatic heterocycles. The summed E-state index contributed by atoms with van der Waals surface area (Å²) < 4.78 is 0.745. The molecule has 0 spiro atoms. The fourth-order valence-electron chi connectivity index (χ4n) is 1.42. The summed E-state index contributed by atoms with van der Waals surface area (Å²) in [5.74, 6) is 0.223. The van der Waals surface area contributed by atoms with Gasteiger partial charge in [0, 0.05) is 10.2 Å². The van der Waals surface area contributed by atoms with E-state index in [1.54, 1.807) is 18.2 Å². The number of benzene rings is 1. The zero-order valence-electron chi connectivity index (χ0n) is 9.84. The Bertz CT molecular complexity index is 409. The zero-order chi connectivity index (χ0) is 13.0. The monoisotopic (exact) mass is 318 g/mol. The summed E-state index contributed by atoms with van der Waals surface area (Å²) in [6, 6.07) is 4.73. The number of amides is 1. The minimum Gasteiger partial charge on any atom is -0.325 e. The second kappa shape index (κ2) is 6.38. The molecule has 0 aliphatic rings. The topological polar surface area (TPSA) is 55.1 Å². The lowest BCUT2D eigenvalue weighted by atomic mass is 10.0. The van der Waals surface area contributed by atoms with Crippen molar-refractivity contribution < 1.29 is 4.79 Å². The number of halogens is 2. The Balaban J connectivity index is 2.64. The van der Waals surface area contributed by atoms with Crippen LogP contribution in [0.2, 0.25) is 5.02 Å². The van der Waals surface area contributed by atoms with Gasteiger partial charge in [-0.1, -0.05) is 25.4 Å². The van der Waals surface area contributed by atoms with Gasteiger partial charge in [0.05, 0.1) is 11.1 Å². The van der Waals surface area contributed by atoms with Crippen LogP contribution in [0.25, 0.3) is 0 Å². The molecule has 1 amide bonds. The van der Waals surface area contributed by atoms with Crippen molar-refractivity contribution in [3.63, 3.8) is 0 Å². The predicted octanol–water partition coefficient (Wildman–Crippen LogP) is 3.41. The molecule has 94 valence electrons. The maximum absolute atomic E-state index is 11.8. The average molecular weight is 320 g/mol. The van der Waals surface area contributed by atoms with Crippen molar-refractivity contribution in [1.82, 2.24) is 0 Å². The van der Waals surface area contributed by atoms with Crippen molar-refractivity contribution in [1.29, 1.82) is 0 Å². The summed E-state index contributed by atoms with van der Waals surface area (Å²) in [5.41, 5.74) is 6.47. The van der Waals surface area contributed by atoms with E-state index in [1.807, 2.05) is 13.8 Å². The molecule has 3 nitrogen and oxygen atoms in total. The number of nitrogens with one attached hydrogen (secondary N) is 1. The third kappa shape index (κ3) is 4.66. The molecule has 0 radical (unpaired) electrons. The van der Waals surface area contributed by atoms with Crippen LogP contribution >= 0.6 is 27.5 Å². The summed E-state index contributed by atoms with van der Waals surface area (Å²) >= 11 is 9.16. The Labute approximate surface area is 115 Å². The van der Waals surface area contributed by atoms with Crippen LogP contribution in [0, 0.1) is 5.92 Å². The molecule has 0 fully saturated rings. The van der Waals surface area contributed by atoms with Gasteiger partial charge in [0.2, 0.25) is 5.91 Å². The maximum atomic E-state index is 11.8. The second-order valence-electron chi connectivity index (χ2n) is 4.35. The highest BCUT2D eigenvalue weighted by Crippen LogP contribution is 2.25. The number of hydrogen-bond acceptors (Lipinski definition) is 2. The molecule has 3 N–H and O–H groups in total. The lowest BCUT2D eigenvalue weighted by Gasteiger charge is -2.14. The molecule has 0 heterocycles. The first-order valence-corrected chi connectivity index (χ1v) is 6.58. The first kappa shape index (κ1) is 14.5. The molecule has 0 bridgehead atoms. The Morgan fingerprint density at radius 3 is 2.71 bits per heavy atom. The van der Waals surface area contributed by atoms with Crippen LogP contribution in [-0.4, -0.2) is 11.9 Å². The number of rotatable bonds is 4. The quantitative estimate of drug-likeness (QED) is 0.893. The number of hydrogen-bond donors (Lipinski definition) is 2. The molecule has 17 heavy (non-hydrogen) atoms. The minimum atomic E-state index is -0.482. The zero-order valence-corrected chi connectivity index (χ0v) is 12.2. The van der Waals surface area contributed by atoms with E-state index < -0.39 is 6.04 Å². The van der Waals surface area contributed by atoms with Crippen molar-refractivity contribution in [3.05, 3.63) is 27.7 Å². The van der Waals surface area contributed by atoms with Gasteiger partial charge in [0.1, 0.15) is 0 Å². The molecule has 0 aliphatic carbocycles. The van der Waals surface area contributed by atoms with Crippen molar-refractivity contribution in [2.24, 2.45) is 11.7 Å². The van der Waals surface area contributed by atoms with Gasteiger partial charge in [-0.05, 0) is 46.5 Å². The molecule has 0 saturated carbocycles. The predicted molar refractivity (Wildman–Crippen MR) is 75.2 cm³/mol. The third-order valence-corrected chi connectivity index (χ3v) is 3.46. The largest absolute Gasteiger partial charge is 0.325 e. The van der Waals surface area contributed by atoms with E-state index in [9.17, 15) is 4.79 Å². The molecule has 0 unspecified atom stereocenters. The van der Waals surface area contributed by atoms with Gasteiger partial charge >= 0.3 is 0 Å². The molecule has 1 aromatic rings. The van der Waals surface area contributed by atoms with Crippen LogP contribution < -0.4 is 11.1 Å². The summed E-state index contributed by atoms with van der Waals surface area (Å²) in [6.45, 7) is 4.07. The van der Waals surface area contributed by atoms with E-state index >= 15 is 0 Å². The van der Waals surface area contributed by atoms with Gasteiger partial charge in [-0.2, -0.15) is 0 Å². The molecule has 5 heteroatoms. The van der Waals surface area contributed by atoms with E-state index in [-0.39, 0.29) is 5.91 Å². The Hall–Kier alpha value is -0.580. The molecule has 0 aromatic heterocycles. The molecule has 1 aromatic carbocycles. The number of carbonyl (C=O) groups excluding carboxylic acids is 1. The van der Waals surface area contributed by atoms with Gasteiger partial charge in [-0.3, -0.25) is 4.79 Å². The van der Waals surface area contributed by atoms with Crippen LogP contribution in [0.3, 0.4) is 0 Å². The fourth-order valence-corrected chi connectivity index (χ4v) is 1.92. The van der Waals surface area contributed by atoms with Gasteiger partial charge in [-0.25, -0.2) is 0 Å². The Morgan fingerprint density at radius 1 is 1.53 bits per heavy atom. The van der Waals surface area contributed by atoms with Crippen molar-refractivity contribution >= 4 is 39.1 Å². The molecule has 1 rings (SSSR count). The second-order valence-corrected chi connectivity index (χ2v) is 5.62. The normalized spacial score (nSPS) is 12.6. The van der Waals surface area contributed by atoms with Crippen LogP contribution in [0.5, 0.6) is 0 Å². The van der Waals surface area contributed by atoms with Crippen molar-refractivity contribution in [2.75, 3.05) is 5.32 Å². The van der Waals surface area contributed by atoms with Gasteiger partial charge < -0.3 is 11.1 Å². The van der Waals surface area contributed by atoms with E-state index in [0.717, 1.165) is 4.47 Å². The highest BCUT2D eigenvalue weighted by Gasteiger charge is 2.15. The molecular weight excluding hydrogens is 304 g/mol. The highest BCUT2D eigenvalue weighted by atomic mass is 79.9. The van der Waals surface area contributed by atoms with E-state index in [4.69, 9.17) is 17.3 Å². The Kier molecular flexibility index (Phi) is 5.43. The van der Waals surface area contributed by atoms with Gasteiger partial charge in [-0.15, -0.1) is 0 Å². The summed E-state index contributed by atoms with van der Waals surface area (Å²) in [7, 11) is 0. The number of carbonyl (C=O) groups is 1. The van der Waals surface area contributed by atoms with Crippen molar-refractivity contribution in [2.45, 2.75) is 26.3 Å². The van der Waals surface area contributed by atoms with Gasteiger partial charge in [0.15, 0.2) is 0 Å². The standard InChI is InChI=1S/C12H16BrClN2O/c1-7(2)5-11(15)12(17)16-8-3-4-10(14)9(13)6-8/h3-4,6-7,11H,5,15H2,1-2H3,(H,16,17)/t11-/m0/s1. The van der Waals surface area contributed by atoms with Gasteiger partial charge in [0.25, 0.3) is 0 Å². The maximum Gasteiger partial charge on any atom is 0.241 e. The highest BCUT2D eigenvalue weighted by molar-refractivity contribution is 9.10. The number of nitrogens with two attached hydrogens (primary N) is 1. The lowest BCUT2D eigenvalue weighted by Crippen LogP contribution is -2.36. The minimum absolute atomic E-state index is 0.173.